The van der Waals surface area contributed by atoms with Crippen molar-refractivity contribution in [3.63, 3.8) is 0 Å². The number of sulfonamides is 1. The summed E-state index contributed by atoms with van der Waals surface area (Å²) in [6.07, 6.45) is 2.35. The highest BCUT2D eigenvalue weighted by Crippen LogP contribution is 2.11. The smallest absolute Gasteiger partial charge is 0.238 e. The molecule has 23 heavy (non-hydrogen) atoms. The number of carbonyl (C=O) groups excluding carboxylic acids is 1. The number of rotatable bonds is 6. The highest BCUT2D eigenvalue weighted by Gasteiger charge is 2.06. The van der Waals surface area contributed by atoms with Crippen LogP contribution in [0, 0.1) is 0 Å². The second-order valence-corrected chi connectivity index (χ2v) is 6.54. The van der Waals surface area contributed by atoms with E-state index < -0.39 is 10.0 Å². The van der Waals surface area contributed by atoms with E-state index in [0.717, 1.165) is 17.7 Å². The summed E-state index contributed by atoms with van der Waals surface area (Å²) in [4.78, 5) is 15.1. The molecule has 0 aliphatic carbocycles. The summed E-state index contributed by atoms with van der Waals surface area (Å²) in [5, 5.41) is 10.8. The minimum Gasteiger partial charge on any atom is -0.383 e. The molecule has 0 radical (unpaired) electrons. The number of aromatic nitrogens is 1. The molecule has 0 aliphatic rings. The second kappa shape index (κ2) is 7.21. The van der Waals surface area contributed by atoms with Gasteiger partial charge in [0.2, 0.25) is 15.9 Å². The third-order valence-corrected chi connectivity index (χ3v) is 3.99. The number of amides is 1. The van der Waals surface area contributed by atoms with Crippen molar-refractivity contribution in [3.8, 4) is 0 Å². The lowest BCUT2D eigenvalue weighted by Gasteiger charge is -2.08. The van der Waals surface area contributed by atoms with Crippen molar-refractivity contribution in [1.82, 2.24) is 4.98 Å². The third-order valence-electron chi connectivity index (χ3n) is 3.06. The Morgan fingerprint density at radius 1 is 1.17 bits per heavy atom. The van der Waals surface area contributed by atoms with Gasteiger partial charge in [-0.2, -0.15) is 0 Å². The molecule has 2 rings (SSSR count). The van der Waals surface area contributed by atoms with Crippen molar-refractivity contribution < 1.29 is 13.2 Å². The molecule has 8 heteroatoms. The summed E-state index contributed by atoms with van der Waals surface area (Å²) in [6.45, 7) is 2.09. The van der Waals surface area contributed by atoms with Gasteiger partial charge in [0, 0.05) is 13.5 Å². The van der Waals surface area contributed by atoms with Gasteiger partial charge in [-0.25, -0.2) is 18.5 Å². The van der Waals surface area contributed by atoms with Gasteiger partial charge in [-0.3, -0.25) is 4.79 Å². The minimum atomic E-state index is -3.65. The maximum atomic E-state index is 11.2. The van der Waals surface area contributed by atoms with Crippen LogP contribution in [-0.2, 0) is 21.2 Å². The number of carbonyl (C=O) groups is 1. The molecule has 0 fully saturated rings. The van der Waals surface area contributed by atoms with Crippen LogP contribution in [0.25, 0.3) is 0 Å². The van der Waals surface area contributed by atoms with E-state index in [4.69, 9.17) is 5.14 Å². The predicted octanol–water partition coefficient (Wildman–Crippen LogP) is 1.34. The van der Waals surface area contributed by atoms with E-state index in [-0.39, 0.29) is 10.8 Å². The molecule has 7 nitrogen and oxygen atoms in total. The first-order valence-corrected chi connectivity index (χ1v) is 8.48. The highest BCUT2D eigenvalue weighted by molar-refractivity contribution is 7.89. The van der Waals surface area contributed by atoms with Gasteiger partial charge < -0.3 is 10.6 Å². The molecule has 0 spiro atoms. The van der Waals surface area contributed by atoms with Crippen LogP contribution < -0.4 is 15.8 Å². The number of hydrogen-bond donors (Lipinski definition) is 3. The Morgan fingerprint density at radius 3 is 2.39 bits per heavy atom. The van der Waals surface area contributed by atoms with Crippen molar-refractivity contribution in [1.29, 1.82) is 0 Å². The van der Waals surface area contributed by atoms with Crippen molar-refractivity contribution >= 4 is 27.4 Å². The number of hydrogen-bond acceptors (Lipinski definition) is 5. The molecule has 0 bridgehead atoms. The molecule has 4 N–H and O–H groups in total. The first-order valence-electron chi connectivity index (χ1n) is 6.94. The topological polar surface area (TPSA) is 114 Å². The SMILES string of the molecule is CC(=O)Nc1ccc(NCCc2ccc(S(N)(=O)=O)cc2)cn1. The number of primary sulfonamides is 1. The van der Waals surface area contributed by atoms with Gasteiger partial charge in [-0.1, -0.05) is 12.1 Å². The molecule has 1 aromatic carbocycles. The Labute approximate surface area is 135 Å². The van der Waals surface area contributed by atoms with Crippen LogP contribution in [0.2, 0.25) is 0 Å². The van der Waals surface area contributed by atoms with Crippen LogP contribution in [0.5, 0.6) is 0 Å². The summed E-state index contributed by atoms with van der Waals surface area (Å²) in [5.74, 6) is 0.336. The van der Waals surface area contributed by atoms with Crippen LogP contribution in [-0.4, -0.2) is 25.9 Å². The number of anilines is 2. The van der Waals surface area contributed by atoms with E-state index in [0.29, 0.717) is 12.4 Å². The first-order chi connectivity index (χ1) is 10.8. The molecule has 1 amide bonds. The monoisotopic (exact) mass is 334 g/mol. The molecule has 0 saturated heterocycles. The number of benzene rings is 1. The predicted molar refractivity (Wildman–Crippen MR) is 88.5 cm³/mol. The van der Waals surface area contributed by atoms with Gasteiger partial charge in [0.1, 0.15) is 5.82 Å². The number of nitrogens with zero attached hydrogens (tertiary/aromatic N) is 1. The number of nitrogens with two attached hydrogens (primary N) is 1. The van der Waals surface area contributed by atoms with E-state index in [9.17, 15) is 13.2 Å². The fraction of sp³-hybridized carbons (Fsp3) is 0.200. The van der Waals surface area contributed by atoms with Gasteiger partial charge in [0.05, 0.1) is 16.8 Å². The second-order valence-electron chi connectivity index (χ2n) is 4.98. The molecule has 2 aromatic rings. The molecular formula is C15H18N4O3S. The van der Waals surface area contributed by atoms with Crippen LogP contribution in [0.3, 0.4) is 0 Å². The van der Waals surface area contributed by atoms with Crippen LogP contribution in [0.4, 0.5) is 11.5 Å². The zero-order valence-electron chi connectivity index (χ0n) is 12.6. The van der Waals surface area contributed by atoms with E-state index in [1.807, 2.05) is 6.07 Å². The van der Waals surface area contributed by atoms with Crippen molar-refractivity contribution in [2.45, 2.75) is 18.2 Å². The number of pyridine rings is 1. The minimum absolute atomic E-state index is 0.104. The molecule has 1 aromatic heterocycles. The fourth-order valence-electron chi connectivity index (χ4n) is 1.95. The lowest BCUT2D eigenvalue weighted by Crippen LogP contribution is -2.12. The number of nitrogens with one attached hydrogen (secondary N) is 2. The van der Waals surface area contributed by atoms with E-state index >= 15 is 0 Å². The molecule has 0 atom stereocenters. The maximum absolute atomic E-state index is 11.2. The zero-order chi connectivity index (χ0) is 16.9. The summed E-state index contributed by atoms with van der Waals surface area (Å²) in [6, 6.07) is 10.00. The molecule has 0 saturated carbocycles. The summed E-state index contributed by atoms with van der Waals surface area (Å²) in [7, 11) is -3.65. The van der Waals surface area contributed by atoms with Gasteiger partial charge in [0.15, 0.2) is 0 Å². The van der Waals surface area contributed by atoms with Crippen molar-refractivity contribution in [2.24, 2.45) is 5.14 Å². The fourth-order valence-corrected chi connectivity index (χ4v) is 2.47. The molecule has 0 aliphatic heterocycles. The van der Waals surface area contributed by atoms with Crippen LogP contribution in [0.15, 0.2) is 47.5 Å². The van der Waals surface area contributed by atoms with Crippen LogP contribution in [0.1, 0.15) is 12.5 Å². The molecular weight excluding hydrogens is 316 g/mol. The van der Waals surface area contributed by atoms with E-state index in [1.165, 1.54) is 19.1 Å². The van der Waals surface area contributed by atoms with Gasteiger partial charge in [-0.05, 0) is 36.2 Å². The quantitative estimate of drug-likeness (QED) is 0.737. The normalized spacial score (nSPS) is 11.0. The zero-order valence-corrected chi connectivity index (χ0v) is 13.4. The van der Waals surface area contributed by atoms with Crippen molar-refractivity contribution in [2.75, 3.05) is 17.2 Å². The Bertz CT molecular complexity index is 771. The Balaban J connectivity index is 1.86. The molecule has 0 unspecified atom stereocenters. The van der Waals surface area contributed by atoms with Gasteiger partial charge in [-0.15, -0.1) is 0 Å². The third kappa shape index (κ3) is 5.35. The average Bonchev–Trinajstić information content (AvgIpc) is 2.48. The lowest BCUT2D eigenvalue weighted by molar-refractivity contribution is -0.114. The Morgan fingerprint density at radius 2 is 1.87 bits per heavy atom. The largest absolute Gasteiger partial charge is 0.383 e. The first kappa shape index (κ1) is 16.9. The summed E-state index contributed by atoms with van der Waals surface area (Å²) >= 11 is 0. The maximum Gasteiger partial charge on any atom is 0.238 e. The molecule has 1 heterocycles. The van der Waals surface area contributed by atoms with Crippen molar-refractivity contribution in [3.05, 3.63) is 48.2 Å². The van der Waals surface area contributed by atoms with Gasteiger partial charge in [0.25, 0.3) is 0 Å². The van der Waals surface area contributed by atoms with Crippen LogP contribution >= 0.6 is 0 Å². The lowest BCUT2D eigenvalue weighted by atomic mass is 10.1. The van der Waals surface area contributed by atoms with E-state index in [1.54, 1.807) is 24.4 Å². The Kier molecular flexibility index (Phi) is 5.30. The summed E-state index contributed by atoms with van der Waals surface area (Å²) in [5.41, 5.74) is 1.83. The Hall–Kier alpha value is -2.45. The molecule has 122 valence electrons. The van der Waals surface area contributed by atoms with Gasteiger partial charge >= 0.3 is 0 Å². The summed E-state index contributed by atoms with van der Waals surface area (Å²) < 4.78 is 22.3. The standard InChI is InChI=1S/C15H18N4O3S/c1-11(20)19-15-7-4-13(10-18-15)17-9-8-12-2-5-14(6-3-12)23(16,21)22/h2-7,10,17H,8-9H2,1H3,(H2,16,21,22)(H,18,19,20). The van der Waals surface area contributed by atoms with E-state index in [2.05, 4.69) is 15.6 Å². The highest BCUT2D eigenvalue weighted by atomic mass is 32.2. The average molecular weight is 334 g/mol.